The molecule has 1 fully saturated rings. The molecule has 2 aliphatic rings. The van der Waals surface area contributed by atoms with E-state index in [1.807, 2.05) is 43.8 Å². The van der Waals surface area contributed by atoms with Gasteiger partial charge in [-0.3, -0.25) is 14.8 Å². The van der Waals surface area contributed by atoms with Crippen molar-refractivity contribution in [2.24, 2.45) is 18.0 Å². The predicted molar refractivity (Wildman–Crippen MR) is 132 cm³/mol. The van der Waals surface area contributed by atoms with Gasteiger partial charge in [-0.2, -0.15) is 0 Å². The van der Waals surface area contributed by atoms with Crippen LogP contribution in [0.1, 0.15) is 36.8 Å². The van der Waals surface area contributed by atoms with Gasteiger partial charge < -0.3 is 9.88 Å². The number of carbonyl (C=O) groups is 1. The Labute approximate surface area is 199 Å². The maximum atomic E-state index is 12.7. The average Bonchev–Trinajstić information content (AvgIpc) is 3.45. The number of anilines is 2. The van der Waals surface area contributed by atoms with Gasteiger partial charge in [0.2, 0.25) is 0 Å². The minimum atomic E-state index is -3.55. The fraction of sp³-hybridized carbons (Fsp3) is 0.360. The Morgan fingerprint density at radius 3 is 2.56 bits per heavy atom. The van der Waals surface area contributed by atoms with Crippen LogP contribution in [0.15, 0.2) is 40.4 Å². The van der Waals surface area contributed by atoms with Crippen molar-refractivity contribution in [1.82, 2.24) is 14.5 Å². The first-order valence-corrected chi connectivity index (χ1v) is 13.2. The molecule has 8 nitrogen and oxygen atoms in total. The number of hydrogen-bond acceptors (Lipinski definition) is 7. The molecule has 3 aromatic rings. The number of fused-ring (bicyclic) bond motifs is 1. The van der Waals surface area contributed by atoms with Gasteiger partial charge in [0.25, 0.3) is 0 Å². The van der Waals surface area contributed by atoms with E-state index in [4.69, 9.17) is 0 Å². The van der Waals surface area contributed by atoms with Crippen LogP contribution in [0, 0.1) is 12.8 Å². The highest BCUT2D eigenvalue weighted by molar-refractivity contribution is 7.90. The van der Waals surface area contributed by atoms with Gasteiger partial charge in [-0.1, -0.05) is 0 Å². The van der Waals surface area contributed by atoms with Crippen molar-refractivity contribution in [2.45, 2.75) is 44.4 Å². The van der Waals surface area contributed by atoms with E-state index in [1.54, 1.807) is 12.1 Å². The number of nitrogens with one attached hydrogen (secondary N) is 1. The largest absolute Gasteiger partial charge is 0.353 e. The third kappa shape index (κ3) is 4.40. The second kappa shape index (κ2) is 8.16. The van der Waals surface area contributed by atoms with Gasteiger partial charge in [-0.25, -0.2) is 13.4 Å². The molecule has 1 saturated carbocycles. The van der Waals surface area contributed by atoms with Crippen LogP contribution in [0.2, 0.25) is 0 Å². The van der Waals surface area contributed by atoms with E-state index in [-0.39, 0.29) is 23.0 Å². The average molecular weight is 478 g/mol. The molecule has 0 bridgehead atoms. The molecule has 0 spiro atoms. The number of aromatic nitrogens is 3. The van der Waals surface area contributed by atoms with Crippen LogP contribution in [0.3, 0.4) is 0 Å². The maximum absolute atomic E-state index is 12.7. The van der Waals surface area contributed by atoms with Gasteiger partial charge in [0, 0.05) is 49.5 Å². The van der Waals surface area contributed by atoms with E-state index in [2.05, 4.69) is 20.3 Å². The van der Waals surface area contributed by atoms with Crippen LogP contribution in [0.4, 0.5) is 17.1 Å². The van der Waals surface area contributed by atoms with E-state index >= 15 is 0 Å². The van der Waals surface area contributed by atoms with Crippen molar-refractivity contribution >= 4 is 38.4 Å². The lowest BCUT2D eigenvalue weighted by Crippen LogP contribution is -2.09. The smallest absolute Gasteiger partial charge is 0.177 e. The summed E-state index contributed by atoms with van der Waals surface area (Å²) in [5.74, 6) is 1.06. The Hall–Kier alpha value is -3.33. The fourth-order valence-corrected chi connectivity index (χ4v) is 5.24. The Morgan fingerprint density at radius 2 is 1.91 bits per heavy atom. The molecule has 9 heteroatoms. The molecule has 1 aliphatic carbocycles. The number of nitrogens with zero attached hydrogens (tertiary/aromatic N) is 4. The number of rotatable bonds is 7. The summed E-state index contributed by atoms with van der Waals surface area (Å²) in [6.07, 6.45) is 5.90. The van der Waals surface area contributed by atoms with Gasteiger partial charge >= 0.3 is 0 Å². The molecule has 0 amide bonds. The highest BCUT2D eigenvalue weighted by Gasteiger charge is 2.30. The number of hydrogen-bond donors (Lipinski definition) is 1. The Bertz CT molecular complexity index is 1470. The lowest BCUT2D eigenvalue weighted by Gasteiger charge is -2.15. The molecule has 1 aromatic carbocycles. The molecular formula is C25H27N5O3S. The highest BCUT2D eigenvalue weighted by Crippen LogP contribution is 2.39. The Kier molecular flexibility index (Phi) is 5.39. The van der Waals surface area contributed by atoms with Crippen molar-refractivity contribution in [1.29, 1.82) is 0 Å². The number of Topliss-reactive ketones (excluding diaryl/α,β-unsaturated/α-hetero) is 1. The number of sulfone groups is 1. The van der Waals surface area contributed by atoms with Crippen LogP contribution < -0.4 is 5.32 Å². The maximum Gasteiger partial charge on any atom is 0.177 e. The standard InChI is InChI=1S/C25H27N5O3S/c1-14-9-20-24(26-14)21(11-18(28-20)12-22(31)16-5-6-16)29-19-8-7-17(10-23(19)34(4,32)33)25-27-15(2)13-30(25)3/h7-8,10-11,13,16H,5-6,9,12H2,1-4H3,(H,28,29). The van der Waals surface area contributed by atoms with E-state index in [1.165, 1.54) is 6.26 Å². The zero-order valence-electron chi connectivity index (χ0n) is 19.7. The lowest BCUT2D eigenvalue weighted by molar-refractivity contribution is -0.119. The van der Waals surface area contributed by atoms with E-state index in [0.717, 1.165) is 29.9 Å². The quantitative estimate of drug-likeness (QED) is 0.549. The summed E-state index contributed by atoms with van der Waals surface area (Å²) >= 11 is 0. The summed E-state index contributed by atoms with van der Waals surface area (Å²) in [6, 6.07) is 7.07. The molecule has 1 N–H and O–H groups in total. The minimum absolute atomic E-state index is 0.156. The topological polar surface area (TPSA) is 106 Å². The SMILES string of the molecule is CC1=Nc2c(Nc3ccc(-c4nc(C)cn4C)cc3S(C)(=O)=O)cc(CC(=O)C3CC3)nc2C1. The molecule has 0 radical (unpaired) electrons. The van der Waals surface area contributed by atoms with Gasteiger partial charge in [0.05, 0.1) is 33.4 Å². The van der Waals surface area contributed by atoms with Crippen molar-refractivity contribution < 1.29 is 13.2 Å². The number of benzene rings is 1. The summed E-state index contributed by atoms with van der Waals surface area (Å²) in [6.45, 7) is 3.83. The lowest BCUT2D eigenvalue weighted by atomic mass is 10.1. The number of ketones is 1. The molecule has 34 heavy (non-hydrogen) atoms. The fourth-order valence-electron chi connectivity index (χ4n) is 4.38. The molecule has 0 unspecified atom stereocenters. The number of aryl methyl sites for hydroxylation is 2. The monoisotopic (exact) mass is 477 g/mol. The molecule has 0 atom stereocenters. The van der Waals surface area contributed by atoms with Crippen LogP contribution >= 0.6 is 0 Å². The summed E-state index contributed by atoms with van der Waals surface area (Å²) in [5, 5.41) is 3.29. The molecule has 0 saturated heterocycles. The third-order valence-electron chi connectivity index (χ3n) is 6.14. The van der Waals surface area contributed by atoms with E-state index < -0.39 is 9.84 Å². The van der Waals surface area contributed by atoms with Crippen LogP contribution in [0.25, 0.3) is 11.4 Å². The van der Waals surface area contributed by atoms with Gasteiger partial charge in [0.15, 0.2) is 9.84 Å². The molecule has 1 aliphatic heterocycles. The summed E-state index contributed by atoms with van der Waals surface area (Å²) < 4.78 is 27.4. The number of pyridine rings is 1. The van der Waals surface area contributed by atoms with Gasteiger partial charge in [-0.05, 0) is 51.0 Å². The second-order valence-corrected chi connectivity index (χ2v) is 11.3. The summed E-state index contributed by atoms with van der Waals surface area (Å²) in [7, 11) is -1.67. The summed E-state index contributed by atoms with van der Waals surface area (Å²) in [4.78, 5) is 26.4. The first kappa shape index (κ1) is 22.5. The minimum Gasteiger partial charge on any atom is -0.353 e. The summed E-state index contributed by atoms with van der Waals surface area (Å²) in [5.41, 5.74) is 5.80. The van der Waals surface area contributed by atoms with Crippen LogP contribution in [0.5, 0.6) is 0 Å². The first-order chi connectivity index (χ1) is 16.1. The predicted octanol–water partition coefficient (Wildman–Crippen LogP) is 4.11. The Morgan fingerprint density at radius 1 is 1.15 bits per heavy atom. The molecule has 2 aromatic heterocycles. The van der Waals surface area contributed by atoms with Crippen LogP contribution in [-0.2, 0) is 34.5 Å². The first-order valence-electron chi connectivity index (χ1n) is 11.3. The van der Waals surface area contributed by atoms with E-state index in [9.17, 15) is 13.2 Å². The van der Waals surface area contributed by atoms with Gasteiger partial charge in [-0.15, -0.1) is 0 Å². The highest BCUT2D eigenvalue weighted by atomic mass is 32.2. The number of carbonyl (C=O) groups excluding carboxylic acids is 1. The second-order valence-electron chi connectivity index (χ2n) is 9.32. The van der Waals surface area contributed by atoms with E-state index in [0.29, 0.717) is 40.6 Å². The molecule has 3 heterocycles. The van der Waals surface area contributed by atoms with Crippen molar-refractivity contribution in [3.8, 4) is 11.4 Å². The number of imidazole rings is 1. The van der Waals surface area contributed by atoms with Crippen molar-refractivity contribution in [3.05, 3.63) is 47.5 Å². The number of aliphatic imine (C=N–C) groups is 1. The molecule has 176 valence electrons. The molecular weight excluding hydrogens is 450 g/mol. The third-order valence-corrected chi connectivity index (χ3v) is 7.27. The molecule has 5 rings (SSSR count). The van der Waals surface area contributed by atoms with Crippen molar-refractivity contribution in [2.75, 3.05) is 11.6 Å². The zero-order chi connectivity index (χ0) is 24.2. The van der Waals surface area contributed by atoms with Crippen LogP contribution in [-0.4, -0.2) is 40.7 Å². The normalized spacial score (nSPS) is 15.2. The van der Waals surface area contributed by atoms with Crippen molar-refractivity contribution in [3.63, 3.8) is 0 Å². The zero-order valence-corrected chi connectivity index (χ0v) is 20.5. The Balaban J connectivity index is 1.56. The van der Waals surface area contributed by atoms with Gasteiger partial charge in [0.1, 0.15) is 17.3 Å².